The van der Waals surface area contributed by atoms with Crippen molar-refractivity contribution < 1.29 is 14.3 Å². The highest BCUT2D eigenvalue weighted by atomic mass is 16.5. The Kier molecular flexibility index (Phi) is 6.21. The van der Waals surface area contributed by atoms with Crippen molar-refractivity contribution in [1.82, 2.24) is 9.55 Å². The van der Waals surface area contributed by atoms with E-state index in [1.165, 1.54) is 17.6 Å². The zero-order valence-corrected chi connectivity index (χ0v) is 22.1. The van der Waals surface area contributed by atoms with E-state index in [9.17, 15) is 9.59 Å². The zero-order valence-electron chi connectivity index (χ0n) is 22.1. The van der Waals surface area contributed by atoms with Gasteiger partial charge in [-0.05, 0) is 98.8 Å². The Bertz CT molecular complexity index is 1260. The largest absolute Gasteiger partial charge is 0.494 e. The van der Waals surface area contributed by atoms with Crippen LogP contribution in [0.5, 0.6) is 5.75 Å². The summed E-state index contributed by atoms with van der Waals surface area (Å²) in [6.07, 6.45) is 17.4. The first-order valence-electron chi connectivity index (χ1n) is 14.0. The number of carbonyl (C=O) groups excluding carboxylic acids is 2. The lowest BCUT2D eigenvalue weighted by Crippen LogP contribution is -2.52. The monoisotopic (exact) mass is 498 g/mol. The van der Waals surface area contributed by atoms with Crippen LogP contribution in [0.1, 0.15) is 70.8 Å². The maximum Gasteiger partial charge on any atom is 0.163 e. The number of rotatable bonds is 6. The second-order valence-electron chi connectivity index (χ2n) is 12.3. The van der Waals surface area contributed by atoms with Crippen LogP contribution in [-0.2, 0) is 16.1 Å². The minimum Gasteiger partial charge on any atom is -0.494 e. The number of aromatic nitrogens is 2. The molecule has 5 nitrogen and oxygen atoms in total. The third-order valence-corrected chi connectivity index (χ3v) is 10.1. The van der Waals surface area contributed by atoms with Gasteiger partial charge in [0.2, 0.25) is 0 Å². The number of hydrogen-bond acceptors (Lipinski definition) is 4. The summed E-state index contributed by atoms with van der Waals surface area (Å²) in [6, 6.07) is 8.46. The van der Waals surface area contributed by atoms with Crippen molar-refractivity contribution in [1.29, 1.82) is 0 Å². The lowest BCUT2D eigenvalue weighted by molar-refractivity contribution is -0.139. The lowest BCUT2D eigenvalue weighted by Gasteiger charge is -2.56. The SMILES string of the molecule is C[C@]12CC[C@@H]3[C@@H](CCC4=CC(=O)CC(=O)[C@@]43C)[C@@H]1CC(=Cc1cccc(OCCCn3ccnc3)c1)C2. The molecule has 4 aliphatic rings. The van der Waals surface area contributed by atoms with Crippen molar-refractivity contribution in [2.75, 3.05) is 6.61 Å². The summed E-state index contributed by atoms with van der Waals surface area (Å²) in [7, 11) is 0. The van der Waals surface area contributed by atoms with E-state index >= 15 is 0 Å². The fourth-order valence-corrected chi connectivity index (χ4v) is 8.20. The highest BCUT2D eigenvalue weighted by Gasteiger charge is 2.59. The van der Waals surface area contributed by atoms with Gasteiger partial charge in [-0.2, -0.15) is 0 Å². The molecule has 0 unspecified atom stereocenters. The predicted octanol–water partition coefficient (Wildman–Crippen LogP) is 6.45. The fourth-order valence-electron chi connectivity index (χ4n) is 8.20. The van der Waals surface area contributed by atoms with Crippen LogP contribution in [-0.4, -0.2) is 27.7 Å². The Labute approximate surface area is 220 Å². The van der Waals surface area contributed by atoms with Crippen molar-refractivity contribution >= 4 is 17.6 Å². The summed E-state index contributed by atoms with van der Waals surface area (Å²) >= 11 is 0. The van der Waals surface area contributed by atoms with Crippen molar-refractivity contribution in [3.63, 3.8) is 0 Å². The minimum absolute atomic E-state index is 0.00654. The molecule has 194 valence electrons. The van der Waals surface area contributed by atoms with Gasteiger partial charge in [0.1, 0.15) is 5.75 Å². The first kappa shape index (κ1) is 24.4. The Morgan fingerprint density at radius 2 is 2.08 bits per heavy atom. The van der Waals surface area contributed by atoms with Crippen LogP contribution < -0.4 is 4.74 Å². The molecule has 4 aliphatic carbocycles. The minimum atomic E-state index is -0.422. The van der Waals surface area contributed by atoms with Gasteiger partial charge >= 0.3 is 0 Å². The molecule has 0 spiro atoms. The third kappa shape index (κ3) is 4.41. The van der Waals surface area contributed by atoms with Crippen LogP contribution >= 0.6 is 0 Å². The Morgan fingerprint density at radius 1 is 1.19 bits per heavy atom. The number of ether oxygens (including phenoxy) is 1. The number of aryl methyl sites for hydroxylation is 1. The highest BCUT2D eigenvalue weighted by molar-refractivity contribution is 6.11. The van der Waals surface area contributed by atoms with Crippen LogP contribution in [0.2, 0.25) is 0 Å². The number of imidazole rings is 1. The molecular weight excluding hydrogens is 460 g/mol. The van der Waals surface area contributed by atoms with Crippen LogP contribution in [0.25, 0.3) is 6.08 Å². The van der Waals surface area contributed by atoms with Crippen LogP contribution in [0.4, 0.5) is 0 Å². The van der Waals surface area contributed by atoms with Crippen molar-refractivity contribution in [2.45, 2.75) is 71.8 Å². The molecule has 1 heterocycles. The summed E-state index contributed by atoms with van der Waals surface area (Å²) in [4.78, 5) is 29.4. The highest BCUT2D eigenvalue weighted by Crippen LogP contribution is 2.65. The van der Waals surface area contributed by atoms with Crippen LogP contribution in [0.3, 0.4) is 0 Å². The average Bonchev–Trinajstić information content (AvgIpc) is 3.50. The second kappa shape index (κ2) is 9.41. The van der Waals surface area contributed by atoms with E-state index in [4.69, 9.17) is 4.74 Å². The molecule has 37 heavy (non-hydrogen) atoms. The molecule has 0 saturated heterocycles. The number of allylic oxidation sites excluding steroid dienone is 2. The van der Waals surface area contributed by atoms with Gasteiger partial charge in [-0.3, -0.25) is 9.59 Å². The lowest BCUT2D eigenvalue weighted by atomic mass is 9.47. The van der Waals surface area contributed by atoms with Gasteiger partial charge in [0.25, 0.3) is 0 Å². The molecule has 0 radical (unpaired) electrons. The van der Waals surface area contributed by atoms with Gasteiger partial charge < -0.3 is 9.30 Å². The molecule has 2 aromatic rings. The van der Waals surface area contributed by atoms with Crippen LogP contribution in [0, 0.1) is 28.6 Å². The molecule has 5 atom stereocenters. The van der Waals surface area contributed by atoms with Gasteiger partial charge in [0.15, 0.2) is 11.6 Å². The number of carbonyl (C=O) groups is 2. The second-order valence-corrected chi connectivity index (χ2v) is 12.3. The number of ketones is 2. The number of fused-ring (bicyclic) bond motifs is 5. The molecule has 1 aromatic heterocycles. The summed E-state index contributed by atoms with van der Waals surface area (Å²) in [5.74, 6) is 2.66. The molecule has 5 heteroatoms. The van der Waals surface area contributed by atoms with E-state index in [0.717, 1.165) is 56.4 Å². The number of benzene rings is 1. The van der Waals surface area contributed by atoms with E-state index in [1.54, 1.807) is 6.20 Å². The number of hydrogen-bond donors (Lipinski definition) is 0. The quantitative estimate of drug-likeness (QED) is 0.339. The Hall–Kier alpha value is -2.95. The van der Waals surface area contributed by atoms with Gasteiger partial charge in [0, 0.05) is 18.9 Å². The fraction of sp³-hybridized carbons (Fsp3) is 0.531. The van der Waals surface area contributed by atoms with Crippen molar-refractivity contribution in [3.8, 4) is 5.75 Å². The van der Waals surface area contributed by atoms with Crippen LogP contribution in [0.15, 0.2) is 60.2 Å². The normalized spacial score (nSPS) is 34.1. The first-order valence-corrected chi connectivity index (χ1v) is 14.0. The Morgan fingerprint density at radius 3 is 2.92 bits per heavy atom. The zero-order chi connectivity index (χ0) is 25.6. The molecule has 3 fully saturated rings. The van der Waals surface area contributed by atoms with Crippen molar-refractivity contribution in [2.24, 2.45) is 28.6 Å². The Balaban J connectivity index is 1.15. The molecule has 6 rings (SSSR count). The molecule has 1 aromatic carbocycles. The van der Waals surface area contributed by atoms with Crippen molar-refractivity contribution in [3.05, 3.63) is 65.8 Å². The van der Waals surface area contributed by atoms with Gasteiger partial charge in [-0.1, -0.05) is 36.3 Å². The molecule has 0 N–H and O–H groups in total. The summed E-state index contributed by atoms with van der Waals surface area (Å²) in [5, 5.41) is 0. The first-order chi connectivity index (χ1) is 17.8. The van der Waals surface area contributed by atoms with Gasteiger partial charge in [-0.25, -0.2) is 4.98 Å². The molecular formula is C32H38N2O3. The van der Waals surface area contributed by atoms with E-state index in [2.05, 4.69) is 47.7 Å². The average molecular weight is 499 g/mol. The maximum absolute atomic E-state index is 13.2. The van der Waals surface area contributed by atoms with E-state index in [0.29, 0.717) is 29.8 Å². The third-order valence-electron chi connectivity index (χ3n) is 10.1. The van der Waals surface area contributed by atoms with Gasteiger partial charge in [0.05, 0.1) is 24.8 Å². The van der Waals surface area contributed by atoms with E-state index < -0.39 is 5.41 Å². The maximum atomic E-state index is 13.2. The van der Waals surface area contributed by atoms with Gasteiger partial charge in [-0.15, -0.1) is 0 Å². The summed E-state index contributed by atoms with van der Waals surface area (Å²) < 4.78 is 8.12. The molecule has 0 amide bonds. The standard InChI is InChI=1S/C32H38N2O3/c1-31-10-9-28-27(8-7-24-18-25(35)19-30(36)32(24,28)2)29(31)17-23(20-31)15-22-5-3-6-26(16-22)37-14-4-12-34-13-11-33-21-34/h3,5-6,11,13,15-16,18,21,27-29H,4,7-10,12,14,17,19-20H2,1-2H3/t27-,28-,29+,31-,32+/m1/s1. The molecule has 3 saturated carbocycles. The summed E-state index contributed by atoms with van der Waals surface area (Å²) in [6.45, 7) is 6.22. The molecule has 0 bridgehead atoms. The summed E-state index contributed by atoms with van der Waals surface area (Å²) in [5.41, 5.74) is 3.74. The van der Waals surface area contributed by atoms with E-state index in [1.807, 2.05) is 24.7 Å². The number of nitrogens with zero attached hydrogens (tertiary/aromatic N) is 2. The predicted molar refractivity (Wildman–Crippen MR) is 144 cm³/mol. The molecule has 0 aliphatic heterocycles. The smallest absolute Gasteiger partial charge is 0.163 e. The number of Topliss-reactive ketones (excluding diaryl/α,β-unsaturated/α-hetero) is 1. The van der Waals surface area contributed by atoms with E-state index in [-0.39, 0.29) is 18.0 Å². The topological polar surface area (TPSA) is 61.2 Å².